The Hall–Kier alpha value is -1.35. The van der Waals surface area contributed by atoms with E-state index in [9.17, 15) is 4.79 Å². The number of carbonyl (C=O) groups excluding carboxylic acids is 1. The van der Waals surface area contributed by atoms with Gasteiger partial charge in [0.05, 0.1) is 12.2 Å². The lowest BCUT2D eigenvalue weighted by Crippen LogP contribution is -2.07. The zero-order valence-electron chi connectivity index (χ0n) is 19.7. The van der Waals surface area contributed by atoms with Gasteiger partial charge in [-0.25, -0.2) is 4.79 Å². The molecule has 1 radical (unpaired) electrons. The van der Waals surface area contributed by atoms with Crippen LogP contribution >= 0.6 is 0 Å². The Balaban J connectivity index is 1.81. The zero-order valence-corrected chi connectivity index (χ0v) is 19.7. The van der Waals surface area contributed by atoms with Gasteiger partial charge in [0.15, 0.2) is 0 Å². The highest BCUT2D eigenvalue weighted by molar-refractivity contribution is 5.89. The van der Waals surface area contributed by atoms with Crippen LogP contribution in [0.25, 0.3) is 0 Å². The summed E-state index contributed by atoms with van der Waals surface area (Å²) in [6.07, 6.45) is 20.9. The summed E-state index contributed by atoms with van der Waals surface area (Å²) in [4.78, 5) is 21.9. The summed E-state index contributed by atoms with van der Waals surface area (Å²) < 4.78 is 0. The summed E-state index contributed by atoms with van der Waals surface area (Å²) in [7, 11) is 0. The number of hydrogen-bond acceptors (Lipinski definition) is 3. The minimum Gasteiger partial charge on any atom is -0.293 e. The quantitative estimate of drug-likeness (QED) is 0.129. The average Bonchev–Trinajstić information content (AvgIpc) is 2.74. The van der Waals surface area contributed by atoms with Crippen LogP contribution in [0.15, 0.2) is 18.2 Å². The van der Waals surface area contributed by atoms with Crippen LogP contribution in [0.5, 0.6) is 0 Å². The Kier molecular flexibility index (Phi) is 16.4. The van der Waals surface area contributed by atoms with Gasteiger partial charge < -0.3 is 0 Å². The molecule has 0 aliphatic carbocycles. The first-order valence-corrected chi connectivity index (χ1v) is 12.4. The third-order valence-electron chi connectivity index (χ3n) is 5.85. The summed E-state index contributed by atoms with van der Waals surface area (Å²) in [6, 6.07) is 5.55. The molecule has 0 aliphatic rings. The number of unbranched alkanes of at least 4 members (excludes halogenated alkanes) is 15. The summed E-state index contributed by atoms with van der Waals surface area (Å²) in [5.74, 6) is -0.410. The minimum absolute atomic E-state index is 0.410. The third kappa shape index (κ3) is 13.8. The van der Waals surface area contributed by atoms with E-state index in [4.69, 9.17) is 9.78 Å². The Bertz CT molecular complexity index is 553. The van der Waals surface area contributed by atoms with E-state index >= 15 is 0 Å². The Morgan fingerprint density at radius 3 is 1.63 bits per heavy atom. The standard InChI is InChI=1S/C27H45O3/c1-4-5-6-7-8-9-10-11-12-13-14-15-16-17-18-19-22-29-30-27(28)26-21-20-24(2)25(3)23-26/h20-21,23H,1,4-19,22H2,2-3H3. The fraction of sp³-hybridized carbons (Fsp3) is 0.704. The van der Waals surface area contributed by atoms with Crippen LogP contribution < -0.4 is 0 Å². The van der Waals surface area contributed by atoms with Gasteiger partial charge >= 0.3 is 5.97 Å². The first-order valence-electron chi connectivity index (χ1n) is 12.4. The van der Waals surface area contributed by atoms with E-state index in [1.807, 2.05) is 26.0 Å². The molecule has 0 bridgehead atoms. The topological polar surface area (TPSA) is 35.5 Å². The number of benzene rings is 1. The SMILES string of the molecule is [CH2]CCCCCCCCCCCCCCCCCOOC(=O)c1ccc(C)c(C)c1. The van der Waals surface area contributed by atoms with E-state index < -0.39 is 5.97 Å². The van der Waals surface area contributed by atoms with Crippen molar-refractivity contribution in [2.75, 3.05) is 6.61 Å². The second-order valence-corrected chi connectivity index (χ2v) is 8.65. The maximum absolute atomic E-state index is 11.9. The van der Waals surface area contributed by atoms with E-state index in [1.165, 1.54) is 89.0 Å². The van der Waals surface area contributed by atoms with E-state index in [1.54, 1.807) is 6.07 Å². The van der Waals surface area contributed by atoms with E-state index in [-0.39, 0.29) is 0 Å². The average molecular weight is 418 g/mol. The first kappa shape index (κ1) is 26.7. The molecule has 1 aromatic rings. The molecule has 171 valence electrons. The van der Waals surface area contributed by atoms with Gasteiger partial charge in [-0.1, -0.05) is 109 Å². The fourth-order valence-corrected chi connectivity index (χ4v) is 3.65. The van der Waals surface area contributed by atoms with E-state index in [2.05, 4.69) is 6.92 Å². The molecular weight excluding hydrogens is 372 g/mol. The van der Waals surface area contributed by atoms with Crippen molar-refractivity contribution in [3.05, 3.63) is 41.8 Å². The van der Waals surface area contributed by atoms with Crippen LogP contribution in [-0.2, 0) is 9.78 Å². The number of hydrogen-bond donors (Lipinski definition) is 0. The minimum atomic E-state index is -0.410. The number of rotatable bonds is 19. The van der Waals surface area contributed by atoms with Crippen molar-refractivity contribution >= 4 is 5.97 Å². The predicted molar refractivity (Wildman–Crippen MR) is 127 cm³/mol. The van der Waals surface area contributed by atoms with Crippen molar-refractivity contribution in [1.29, 1.82) is 0 Å². The summed E-state index contributed by atoms with van der Waals surface area (Å²) in [6.45, 7) is 8.38. The Morgan fingerprint density at radius 2 is 1.17 bits per heavy atom. The highest BCUT2D eigenvalue weighted by Crippen LogP contribution is 2.14. The van der Waals surface area contributed by atoms with Crippen LogP contribution in [0.2, 0.25) is 0 Å². The van der Waals surface area contributed by atoms with Gasteiger partial charge in [0.2, 0.25) is 0 Å². The lowest BCUT2D eigenvalue weighted by molar-refractivity contribution is -0.241. The third-order valence-corrected chi connectivity index (χ3v) is 5.85. The van der Waals surface area contributed by atoms with Crippen molar-refractivity contribution in [2.45, 2.75) is 117 Å². The number of aryl methyl sites for hydroxylation is 2. The molecule has 0 aromatic heterocycles. The first-order chi connectivity index (χ1) is 14.6. The molecule has 0 spiro atoms. The van der Waals surface area contributed by atoms with Gasteiger partial charge in [-0.15, -0.1) is 0 Å². The second kappa shape index (κ2) is 18.4. The molecule has 0 aliphatic heterocycles. The monoisotopic (exact) mass is 417 g/mol. The lowest BCUT2D eigenvalue weighted by atomic mass is 10.0. The second-order valence-electron chi connectivity index (χ2n) is 8.65. The van der Waals surface area contributed by atoms with Crippen LogP contribution in [0.1, 0.15) is 124 Å². The molecule has 1 rings (SSSR count). The molecular formula is C27H45O3. The Morgan fingerprint density at radius 1 is 0.700 bits per heavy atom. The van der Waals surface area contributed by atoms with Crippen LogP contribution in [-0.4, -0.2) is 12.6 Å². The highest BCUT2D eigenvalue weighted by atomic mass is 17.2. The smallest absolute Gasteiger partial charge is 0.293 e. The van der Waals surface area contributed by atoms with Gasteiger partial charge in [0, 0.05) is 0 Å². The van der Waals surface area contributed by atoms with Crippen LogP contribution in [0, 0.1) is 20.8 Å². The normalized spacial score (nSPS) is 11.0. The molecule has 0 fully saturated rings. The maximum Gasteiger partial charge on any atom is 0.373 e. The van der Waals surface area contributed by atoms with Crippen molar-refractivity contribution in [3.63, 3.8) is 0 Å². The molecule has 0 amide bonds. The summed E-state index contributed by atoms with van der Waals surface area (Å²) in [5.41, 5.74) is 2.79. The zero-order chi connectivity index (χ0) is 21.9. The molecule has 0 saturated heterocycles. The van der Waals surface area contributed by atoms with Gasteiger partial charge in [0.25, 0.3) is 0 Å². The van der Waals surface area contributed by atoms with Crippen molar-refractivity contribution in [2.24, 2.45) is 0 Å². The fourth-order valence-electron chi connectivity index (χ4n) is 3.65. The molecule has 0 heterocycles. The number of carbonyl (C=O) groups is 1. The summed E-state index contributed by atoms with van der Waals surface area (Å²) in [5, 5.41) is 0. The molecule has 0 unspecified atom stereocenters. The largest absolute Gasteiger partial charge is 0.373 e. The maximum atomic E-state index is 11.9. The molecule has 3 heteroatoms. The van der Waals surface area contributed by atoms with Gasteiger partial charge in [-0.2, -0.15) is 4.89 Å². The van der Waals surface area contributed by atoms with Crippen molar-refractivity contribution in [1.82, 2.24) is 0 Å². The lowest BCUT2D eigenvalue weighted by Gasteiger charge is -2.06. The van der Waals surface area contributed by atoms with Gasteiger partial charge in [-0.3, -0.25) is 4.89 Å². The van der Waals surface area contributed by atoms with E-state index in [0.29, 0.717) is 12.2 Å². The molecule has 0 N–H and O–H groups in total. The van der Waals surface area contributed by atoms with Gasteiger partial charge in [0.1, 0.15) is 0 Å². The Labute approximate surface area is 185 Å². The van der Waals surface area contributed by atoms with Crippen LogP contribution in [0.4, 0.5) is 0 Å². The molecule has 1 aromatic carbocycles. The molecule has 3 nitrogen and oxygen atoms in total. The van der Waals surface area contributed by atoms with Gasteiger partial charge in [-0.05, 0) is 43.5 Å². The molecule has 0 saturated carbocycles. The predicted octanol–water partition coefficient (Wildman–Crippen LogP) is 8.47. The van der Waals surface area contributed by atoms with Crippen molar-refractivity contribution < 1.29 is 14.6 Å². The molecule has 0 atom stereocenters. The highest BCUT2D eigenvalue weighted by Gasteiger charge is 2.09. The van der Waals surface area contributed by atoms with E-state index in [0.717, 1.165) is 24.8 Å². The van der Waals surface area contributed by atoms with Crippen molar-refractivity contribution in [3.8, 4) is 0 Å². The summed E-state index contributed by atoms with van der Waals surface area (Å²) >= 11 is 0. The van der Waals surface area contributed by atoms with Crippen LogP contribution in [0.3, 0.4) is 0 Å². The molecule has 30 heavy (non-hydrogen) atoms.